The first-order valence-corrected chi connectivity index (χ1v) is 10.5. The van der Waals surface area contributed by atoms with Crippen LogP contribution in [0.4, 0.5) is 17.1 Å². The molecule has 5 rings (SSSR count). The number of unbranched alkanes of at least 4 members (excludes halogenated alkanes) is 1. The van der Waals surface area contributed by atoms with Gasteiger partial charge in [0.2, 0.25) is 0 Å². The van der Waals surface area contributed by atoms with Gasteiger partial charge >= 0.3 is 6.01 Å². The molecule has 0 saturated heterocycles. The highest BCUT2D eigenvalue weighted by Gasteiger charge is 2.36. The molecule has 0 atom stereocenters. The van der Waals surface area contributed by atoms with Gasteiger partial charge in [-0.2, -0.15) is 0 Å². The predicted octanol–water partition coefficient (Wildman–Crippen LogP) is 6.24. The minimum atomic E-state index is 0.306. The van der Waals surface area contributed by atoms with E-state index in [0.717, 1.165) is 24.3 Å². The summed E-state index contributed by atoms with van der Waals surface area (Å²) in [5.41, 5.74) is 5.82. The average Bonchev–Trinajstić information content (AvgIpc) is 3.28. The molecule has 0 spiro atoms. The maximum Gasteiger partial charge on any atom is 0.496 e. The first kappa shape index (κ1) is 17.8. The maximum absolute atomic E-state index is 4.72. The number of fused-ring (bicyclic) bond motifs is 4. The number of aromatic nitrogens is 2. The number of benzene rings is 2. The van der Waals surface area contributed by atoms with Crippen molar-refractivity contribution >= 4 is 45.0 Å². The summed E-state index contributed by atoms with van der Waals surface area (Å²) in [6, 6.07) is 23.3. The number of nitrogens with zero attached hydrogens (tertiary/aromatic N) is 4. The quantitative estimate of drug-likeness (QED) is 0.375. The Kier molecular flexibility index (Phi) is 4.30. The van der Waals surface area contributed by atoms with Crippen molar-refractivity contribution in [2.24, 2.45) is 0 Å². The molecule has 4 aromatic rings. The molecule has 29 heavy (non-hydrogen) atoms. The molecule has 2 aromatic heterocycles. The fourth-order valence-electron chi connectivity index (χ4n) is 4.37. The van der Waals surface area contributed by atoms with Gasteiger partial charge in [0.05, 0.1) is 0 Å². The summed E-state index contributed by atoms with van der Waals surface area (Å²) in [7, 11) is 0. The third-order valence-corrected chi connectivity index (χ3v) is 5.69. The minimum Gasteiger partial charge on any atom is -0.317 e. The van der Waals surface area contributed by atoms with Gasteiger partial charge < -0.3 is 4.57 Å². The van der Waals surface area contributed by atoms with E-state index in [0.29, 0.717) is 6.04 Å². The van der Waals surface area contributed by atoms with E-state index in [2.05, 4.69) is 89.0 Å². The first-order chi connectivity index (χ1) is 14.2. The van der Waals surface area contributed by atoms with Gasteiger partial charge in [0.25, 0.3) is 17.1 Å². The van der Waals surface area contributed by atoms with Gasteiger partial charge in [0.1, 0.15) is 11.2 Å². The van der Waals surface area contributed by atoms with E-state index in [1.807, 2.05) is 12.3 Å². The zero-order valence-electron chi connectivity index (χ0n) is 17.3. The summed E-state index contributed by atoms with van der Waals surface area (Å²) in [5, 5.41) is 2.44. The fraction of sp³-hybridized carbons (Fsp3) is 0.280. The molecule has 144 valence electrons. The molecule has 0 fully saturated rings. The van der Waals surface area contributed by atoms with Crippen LogP contribution in [-0.4, -0.2) is 26.7 Å². The number of rotatable bonds is 5. The lowest BCUT2D eigenvalue weighted by atomic mass is 10.1. The molecule has 0 amide bonds. The zero-order valence-corrected chi connectivity index (χ0v) is 17.3. The van der Waals surface area contributed by atoms with E-state index in [-0.39, 0.29) is 0 Å². The second-order valence-electron chi connectivity index (χ2n) is 7.94. The Labute approximate surface area is 171 Å². The van der Waals surface area contributed by atoms with Crippen LogP contribution in [0.1, 0.15) is 39.7 Å². The van der Waals surface area contributed by atoms with Crippen molar-refractivity contribution in [1.29, 1.82) is 0 Å². The van der Waals surface area contributed by atoms with Crippen LogP contribution in [0.25, 0.3) is 21.9 Å². The van der Waals surface area contributed by atoms with E-state index in [1.165, 1.54) is 34.1 Å². The lowest BCUT2D eigenvalue weighted by molar-refractivity contribution is -0.431. The Morgan fingerprint density at radius 3 is 2.48 bits per heavy atom. The van der Waals surface area contributed by atoms with E-state index in [4.69, 9.17) is 4.98 Å². The summed E-state index contributed by atoms with van der Waals surface area (Å²) < 4.78 is 6.85. The van der Waals surface area contributed by atoms with Gasteiger partial charge in [0, 0.05) is 47.6 Å². The van der Waals surface area contributed by atoms with Crippen LogP contribution < -0.4 is 4.58 Å². The Morgan fingerprint density at radius 2 is 1.69 bits per heavy atom. The zero-order chi connectivity index (χ0) is 20.0. The van der Waals surface area contributed by atoms with Gasteiger partial charge in [0.15, 0.2) is 6.54 Å². The van der Waals surface area contributed by atoms with Crippen LogP contribution in [0.2, 0.25) is 0 Å². The molecule has 0 N–H and O–H groups in total. The van der Waals surface area contributed by atoms with Gasteiger partial charge in [-0.25, -0.2) is 4.98 Å². The molecule has 1 aliphatic heterocycles. The van der Waals surface area contributed by atoms with Crippen LogP contribution in [0.15, 0.2) is 60.8 Å². The number of pyridine rings is 1. The Hall–Kier alpha value is -3.23. The normalized spacial score (nSPS) is 13.2. The average molecular weight is 383 g/mol. The third-order valence-electron chi connectivity index (χ3n) is 5.69. The van der Waals surface area contributed by atoms with Crippen molar-refractivity contribution in [3.05, 3.63) is 60.8 Å². The van der Waals surface area contributed by atoms with Crippen LogP contribution in [0, 0.1) is 0 Å². The lowest BCUT2D eigenvalue weighted by Gasteiger charge is -2.10. The molecule has 3 heterocycles. The molecule has 4 nitrogen and oxygen atoms in total. The van der Waals surface area contributed by atoms with E-state index < -0.39 is 0 Å². The highest BCUT2D eigenvalue weighted by Crippen LogP contribution is 2.40. The molecule has 4 heteroatoms. The maximum atomic E-state index is 4.72. The van der Waals surface area contributed by atoms with Crippen molar-refractivity contribution < 1.29 is 4.58 Å². The van der Waals surface area contributed by atoms with Gasteiger partial charge in [-0.05, 0) is 30.6 Å². The Morgan fingerprint density at radius 1 is 0.931 bits per heavy atom. The molecular weight excluding hydrogens is 356 g/mol. The highest BCUT2D eigenvalue weighted by atomic mass is 15.2. The van der Waals surface area contributed by atoms with Gasteiger partial charge in [-0.15, -0.1) is 0 Å². The van der Waals surface area contributed by atoms with Crippen molar-refractivity contribution in [3.63, 3.8) is 0 Å². The van der Waals surface area contributed by atoms with E-state index >= 15 is 0 Å². The van der Waals surface area contributed by atoms with Crippen LogP contribution in [0.5, 0.6) is 0 Å². The van der Waals surface area contributed by atoms with Crippen molar-refractivity contribution in [2.45, 2.75) is 39.7 Å². The van der Waals surface area contributed by atoms with Gasteiger partial charge in [-0.3, -0.25) is 0 Å². The molecule has 0 radical (unpaired) electrons. The fourth-order valence-corrected chi connectivity index (χ4v) is 4.37. The summed E-state index contributed by atoms with van der Waals surface area (Å²) in [6.45, 7) is 7.66. The van der Waals surface area contributed by atoms with Crippen molar-refractivity contribution in [3.8, 4) is 0 Å². The summed E-state index contributed by atoms with van der Waals surface area (Å²) in [4.78, 5) is 4.72. The van der Waals surface area contributed by atoms with Crippen LogP contribution >= 0.6 is 0 Å². The van der Waals surface area contributed by atoms with Gasteiger partial charge in [-0.1, -0.05) is 42.2 Å². The van der Waals surface area contributed by atoms with Crippen molar-refractivity contribution in [1.82, 2.24) is 14.1 Å². The molecule has 1 aliphatic rings. The predicted molar refractivity (Wildman–Crippen MR) is 120 cm³/mol. The molecule has 0 aliphatic carbocycles. The summed E-state index contributed by atoms with van der Waals surface area (Å²) in [5.74, 6) is 0. The van der Waals surface area contributed by atoms with E-state index in [1.54, 1.807) is 0 Å². The second kappa shape index (κ2) is 6.98. The SMILES string of the molecule is CCCC[N+]1=C=[N+](c2cccc3c4cccnc4n(C(C)C)c23)c2ccccc21. The van der Waals surface area contributed by atoms with Crippen LogP contribution in [0.3, 0.4) is 0 Å². The standard InChI is InChI=1S/C25H26N4/c1-4-5-16-27-17-28(22-13-7-6-12-21(22)27)23-14-8-10-19-20-11-9-15-26-25(20)29(18(2)3)24(19)23/h6-15,18H,4-5,16H2,1-3H3/q+2. The molecule has 0 saturated carbocycles. The Balaban J connectivity index is 1.85. The smallest absolute Gasteiger partial charge is 0.317 e. The topological polar surface area (TPSA) is 23.8 Å². The monoisotopic (exact) mass is 382 g/mol. The molecular formula is C25H26N4+2. The number of hydrogen-bond acceptors (Lipinski definition) is 1. The largest absolute Gasteiger partial charge is 0.496 e. The van der Waals surface area contributed by atoms with E-state index in [9.17, 15) is 0 Å². The summed E-state index contributed by atoms with van der Waals surface area (Å²) in [6.07, 6.45) is 4.20. The highest BCUT2D eigenvalue weighted by molar-refractivity contribution is 6.11. The minimum absolute atomic E-state index is 0.306. The number of para-hydroxylation sites is 3. The summed E-state index contributed by atoms with van der Waals surface area (Å²) >= 11 is 0. The molecule has 0 unspecified atom stereocenters. The third kappa shape index (κ3) is 2.72. The number of hydrogen-bond donors (Lipinski definition) is 0. The Bertz CT molecular complexity index is 1300. The first-order valence-electron chi connectivity index (χ1n) is 10.5. The van der Waals surface area contributed by atoms with Crippen molar-refractivity contribution in [2.75, 3.05) is 6.54 Å². The van der Waals surface area contributed by atoms with Crippen LogP contribution in [-0.2, 0) is 0 Å². The molecule has 2 aromatic carbocycles. The second-order valence-corrected chi connectivity index (χ2v) is 7.94. The lowest BCUT2D eigenvalue weighted by Crippen LogP contribution is -2.06. The molecule has 0 bridgehead atoms.